The molecule has 8 heteroatoms. The van der Waals surface area contributed by atoms with Gasteiger partial charge in [-0.25, -0.2) is 13.7 Å². The van der Waals surface area contributed by atoms with Crippen LogP contribution in [0.25, 0.3) is 11.3 Å². The van der Waals surface area contributed by atoms with Crippen molar-refractivity contribution in [3.63, 3.8) is 0 Å². The first-order chi connectivity index (χ1) is 14.9. The summed E-state index contributed by atoms with van der Waals surface area (Å²) < 4.78 is 37.0. The van der Waals surface area contributed by atoms with Crippen LogP contribution in [0.15, 0.2) is 42.5 Å². The first kappa shape index (κ1) is 22.1. The lowest BCUT2D eigenvalue weighted by atomic mass is 10.00. The van der Waals surface area contributed by atoms with Crippen molar-refractivity contribution >= 4 is 34.8 Å². The van der Waals surface area contributed by atoms with Crippen LogP contribution in [-0.2, 0) is 30.3 Å². The number of ether oxygens (including phenoxy) is 2. The highest BCUT2D eigenvalue weighted by Crippen LogP contribution is 2.41. The quantitative estimate of drug-likeness (QED) is 0.378. The molecule has 0 aromatic heterocycles. The van der Waals surface area contributed by atoms with Crippen LogP contribution in [0.2, 0.25) is 0 Å². The molecule has 0 spiro atoms. The summed E-state index contributed by atoms with van der Waals surface area (Å²) in [6.45, 7) is 2.03. The van der Waals surface area contributed by atoms with Gasteiger partial charge in [-0.1, -0.05) is 24.3 Å². The van der Waals surface area contributed by atoms with E-state index in [1.54, 1.807) is 31.2 Å². The zero-order valence-corrected chi connectivity index (χ0v) is 17.1. The maximum absolute atomic E-state index is 13.8. The van der Waals surface area contributed by atoms with E-state index < -0.39 is 24.5 Å². The van der Waals surface area contributed by atoms with Crippen molar-refractivity contribution < 1.29 is 32.6 Å². The Morgan fingerprint density at radius 3 is 2.39 bits per heavy atom. The van der Waals surface area contributed by atoms with E-state index >= 15 is 0 Å². The van der Waals surface area contributed by atoms with Gasteiger partial charge in [0.05, 0.1) is 17.9 Å². The molecule has 6 nitrogen and oxygen atoms in total. The second-order valence-electron chi connectivity index (χ2n) is 6.78. The number of halogens is 2. The smallest absolute Gasteiger partial charge is 0.306 e. The Hall–Kier alpha value is -3.55. The normalized spacial score (nSPS) is 14.3. The Bertz CT molecular complexity index is 1050. The number of carbonyl (C=O) groups excluding carboxylic acids is 3. The summed E-state index contributed by atoms with van der Waals surface area (Å²) in [5, 5.41) is 0. The molecule has 0 bridgehead atoms. The van der Waals surface area contributed by atoms with Crippen LogP contribution in [0, 0.1) is 5.82 Å². The van der Waals surface area contributed by atoms with Gasteiger partial charge >= 0.3 is 5.97 Å². The highest BCUT2D eigenvalue weighted by molar-refractivity contribution is 6.42. The summed E-state index contributed by atoms with van der Waals surface area (Å²) in [7, 11) is 0. The topological polar surface area (TPSA) is 72.9 Å². The fourth-order valence-corrected chi connectivity index (χ4v) is 3.43. The van der Waals surface area contributed by atoms with Crippen LogP contribution in [-0.4, -0.2) is 31.3 Å². The highest BCUT2D eigenvalue weighted by atomic mass is 19.1. The van der Waals surface area contributed by atoms with Crippen LogP contribution in [0.5, 0.6) is 0 Å². The molecule has 2 amide bonds. The average molecular weight is 429 g/mol. The van der Waals surface area contributed by atoms with Gasteiger partial charge in [0, 0.05) is 24.5 Å². The van der Waals surface area contributed by atoms with Crippen molar-refractivity contribution in [1.29, 1.82) is 0 Å². The molecule has 0 saturated carbocycles. The first-order valence-corrected chi connectivity index (χ1v) is 9.70. The molecule has 31 heavy (non-hydrogen) atoms. The van der Waals surface area contributed by atoms with Crippen molar-refractivity contribution in [2.24, 2.45) is 0 Å². The summed E-state index contributed by atoms with van der Waals surface area (Å²) in [5.41, 5.74) is 1.57. The Labute approximate surface area is 178 Å². The molecule has 1 heterocycles. The predicted octanol–water partition coefficient (Wildman–Crippen LogP) is 4.03. The lowest BCUT2D eigenvalue weighted by Crippen LogP contribution is -2.31. The second kappa shape index (κ2) is 9.51. The van der Waals surface area contributed by atoms with Gasteiger partial charge in [0.15, 0.2) is 0 Å². The van der Waals surface area contributed by atoms with Gasteiger partial charge in [-0.05, 0) is 37.1 Å². The zero-order valence-electron chi connectivity index (χ0n) is 17.1. The van der Waals surface area contributed by atoms with Crippen LogP contribution < -0.4 is 4.90 Å². The summed E-state index contributed by atoms with van der Waals surface area (Å²) in [6, 6.07) is 10.3. The molecular weight excluding hydrogens is 408 g/mol. The van der Waals surface area contributed by atoms with Crippen molar-refractivity contribution in [1.82, 2.24) is 0 Å². The van der Waals surface area contributed by atoms with Gasteiger partial charge in [-0.3, -0.25) is 14.4 Å². The van der Waals surface area contributed by atoms with E-state index in [0.717, 1.165) is 22.6 Å². The summed E-state index contributed by atoms with van der Waals surface area (Å²) in [4.78, 5) is 37.4. The molecule has 2 aromatic carbocycles. The number of amides is 2. The van der Waals surface area contributed by atoms with Gasteiger partial charge in [-0.2, -0.15) is 0 Å². The predicted molar refractivity (Wildman–Crippen MR) is 110 cm³/mol. The Morgan fingerprint density at radius 2 is 1.77 bits per heavy atom. The molecule has 0 radical (unpaired) electrons. The Morgan fingerprint density at radius 1 is 1.06 bits per heavy atom. The van der Waals surface area contributed by atoms with Crippen LogP contribution >= 0.6 is 0 Å². The minimum Gasteiger partial charge on any atom is -0.466 e. The van der Waals surface area contributed by atoms with Gasteiger partial charge < -0.3 is 9.47 Å². The van der Waals surface area contributed by atoms with Crippen molar-refractivity contribution in [3.8, 4) is 0 Å². The lowest BCUT2D eigenvalue weighted by molar-refractivity contribution is -0.143. The number of benzene rings is 2. The number of esters is 1. The first-order valence-electron chi connectivity index (χ1n) is 9.70. The number of nitrogens with zero attached hydrogens (tertiary/aromatic N) is 1. The van der Waals surface area contributed by atoms with Crippen LogP contribution in [0.4, 0.5) is 14.5 Å². The zero-order chi connectivity index (χ0) is 22.5. The molecule has 162 valence electrons. The largest absolute Gasteiger partial charge is 0.466 e. The van der Waals surface area contributed by atoms with E-state index in [0.29, 0.717) is 18.6 Å². The number of imide groups is 1. The number of hydrogen-bond acceptors (Lipinski definition) is 5. The number of fused-ring (bicyclic) bond motifs is 1. The van der Waals surface area contributed by atoms with Crippen LogP contribution in [0.1, 0.15) is 37.0 Å². The van der Waals surface area contributed by atoms with Crippen molar-refractivity contribution in [3.05, 3.63) is 65.0 Å². The maximum Gasteiger partial charge on any atom is 0.306 e. The third kappa shape index (κ3) is 4.63. The molecule has 3 rings (SSSR count). The molecule has 0 unspecified atom stereocenters. The fraction of sp³-hybridized carbons (Fsp3) is 0.261. The molecule has 0 N–H and O–H groups in total. The van der Waals surface area contributed by atoms with E-state index in [4.69, 9.17) is 9.47 Å². The minimum atomic E-state index is -1.20. The van der Waals surface area contributed by atoms with Gasteiger partial charge in [0.25, 0.3) is 5.91 Å². The molecule has 0 fully saturated rings. The van der Waals surface area contributed by atoms with Crippen LogP contribution in [0.3, 0.4) is 0 Å². The lowest BCUT2D eigenvalue weighted by Gasteiger charge is -2.13. The summed E-state index contributed by atoms with van der Waals surface area (Å²) in [6.07, 6.45) is 0.668. The number of alkyl halides is 1. The van der Waals surface area contributed by atoms with Crippen molar-refractivity contribution in [2.45, 2.75) is 26.7 Å². The third-order valence-electron chi connectivity index (χ3n) is 4.77. The van der Waals surface area contributed by atoms with Crippen molar-refractivity contribution in [2.75, 3.05) is 18.4 Å². The monoisotopic (exact) mass is 429 g/mol. The Kier molecular flexibility index (Phi) is 6.79. The number of carbonyl (C=O) groups is 3. The SMILES string of the molecule is CCOC(=O)CCc1ccc(C(OCF)=C2C(=O)N(C(C)=O)c3cc(F)ccc32)cc1. The minimum absolute atomic E-state index is 0.0258. The van der Waals surface area contributed by atoms with E-state index in [9.17, 15) is 23.2 Å². The standard InChI is InChI=1S/C23H21F2NO5/c1-3-30-20(28)11-6-15-4-7-16(8-5-15)22(31-13-24)21-18-10-9-17(25)12-19(18)26(14(2)27)23(21)29/h4-5,7-10,12H,3,6,11,13H2,1-2H3. The Balaban J connectivity index is 2.00. The molecule has 2 aromatic rings. The molecular formula is C23H21F2NO5. The summed E-state index contributed by atoms with van der Waals surface area (Å²) >= 11 is 0. The molecule has 0 aliphatic carbocycles. The van der Waals surface area contributed by atoms with E-state index in [1.165, 1.54) is 13.0 Å². The summed E-state index contributed by atoms with van der Waals surface area (Å²) in [5.74, 6) is -2.29. The molecule has 0 atom stereocenters. The number of aryl methyl sites for hydroxylation is 1. The highest BCUT2D eigenvalue weighted by Gasteiger charge is 2.38. The van der Waals surface area contributed by atoms with E-state index in [-0.39, 0.29) is 35.0 Å². The van der Waals surface area contributed by atoms with E-state index in [1.807, 2.05) is 0 Å². The number of rotatable bonds is 7. The molecule has 0 saturated heterocycles. The third-order valence-corrected chi connectivity index (χ3v) is 4.77. The van der Waals surface area contributed by atoms with E-state index in [2.05, 4.69) is 0 Å². The van der Waals surface area contributed by atoms with Gasteiger partial charge in [0.1, 0.15) is 11.6 Å². The van der Waals surface area contributed by atoms with Gasteiger partial charge in [0.2, 0.25) is 12.8 Å². The number of hydrogen-bond donors (Lipinski definition) is 0. The average Bonchev–Trinajstić information content (AvgIpc) is 3.02. The fourth-order valence-electron chi connectivity index (χ4n) is 3.43. The second-order valence-corrected chi connectivity index (χ2v) is 6.78. The maximum atomic E-state index is 13.8. The van der Waals surface area contributed by atoms with Gasteiger partial charge in [-0.15, -0.1) is 0 Å². The molecule has 1 aliphatic rings. The number of anilines is 1. The molecule has 1 aliphatic heterocycles.